The van der Waals surface area contributed by atoms with Crippen molar-refractivity contribution < 1.29 is 87.5 Å². The van der Waals surface area contributed by atoms with Gasteiger partial charge in [0.2, 0.25) is 15.4 Å². The van der Waals surface area contributed by atoms with E-state index in [1.54, 1.807) is 0 Å². The average molecular weight is 1120 g/mol. The number of aliphatic hydroxyl groups excluding tert-OH is 2. The molecular formula is C43H47N6O20P3S2. The van der Waals surface area contributed by atoms with Crippen LogP contribution >= 0.6 is 23.5 Å². The van der Waals surface area contributed by atoms with Crippen LogP contribution in [0.15, 0.2) is 51.1 Å². The largest absolute Gasteiger partial charge is 0.744 e. The monoisotopic (exact) mass is 1120 g/mol. The number of sulfonamides is 1. The Kier molecular flexibility index (Phi) is 13.8. The number of nitrogen functional groups attached to an aromatic ring is 1. The second-order valence-electron chi connectivity index (χ2n) is 18.2. The molecule has 0 bridgehead atoms. The third kappa shape index (κ3) is 10.2. The number of rotatable bonds is 13. The first-order chi connectivity index (χ1) is 34.8. The van der Waals surface area contributed by atoms with Gasteiger partial charge in [-0.1, -0.05) is 17.9 Å². The van der Waals surface area contributed by atoms with Crippen LogP contribution < -0.4 is 40.9 Å². The molecule has 1 fully saturated rings. The van der Waals surface area contributed by atoms with Crippen LogP contribution in [0.25, 0.3) is 5.57 Å². The fourth-order valence-electron chi connectivity index (χ4n) is 10.6. The number of ether oxygens (including phenoxy) is 2. The lowest BCUT2D eigenvalue weighted by Crippen LogP contribution is -2.45. The molecule has 6 aliphatic heterocycles. The van der Waals surface area contributed by atoms with Gasteiger partial charge in [-0.15, -0.1) is 0 Å². The van der Waals surface area contributed by atoms with Crippen molar-refractivity contribution in [2.45, 2.75) is 85.7 Å². The van der Waals surface area contributed by atoms with Crippen LogP contribution in [0.3, 0.4) is 0 Å². The van der Waals surface area contributed by atoms with E-state index in [2.05, 4.69) is 44.2 Å². The summed E-state index contributed by atoms with van der Waals surface area (Å²) in [7, 11) is -27.3. The number of fused-ring (bicyclic) bond motifs is 4. The Morgan fingerprint density at radius 3 is 2.31 bits per heavy atom. The fraction of sp³-hybridized carbons (Fsp3) is 0.419. The van der Waals surface area contributed by atoms with Gasteiger partial charge in [-0.3, -0.25) is 9.09 Å². The van der Waals surface area contributed by atoms with Crippen LogP contribution in [0.4, 0.5) is 11.5 Å². The third-order valence-corrected chi connectivity index (χ3v) is 19.6. The number of anilines is 2. The maximum absolute atomic E-state index is 13.9. The van der Waals surface area contributed by atoms with Gasteiger partial charge < -0.3 is 54.4 Å². The highest BCUT2D eigenvalue weighted by molar-refractivity contribution is 7.89. The standard InChI is InChI=1S/C43H47N6O20P3S2/c44-41-25(21-49(43(52)46-41)42-38(51)37(50)32(66-42)22-65-71(56,57)69-72(58,59)68-70(53,54)55)6-1-13-45-73(60,61)26-11-12-27(33(20-26)74(62,63)64)34-30-18-23-7-2-14-47-16-4-9-28(35(23)47)39(30)67-40-29-10-5-17-48-15-3-8-24(36(29)48)19-31(34)40/h11-12,18-21,32,37-38,42,45,50-51H,2-5,7-10,13-17,22H2,(H6-,44,46,52,53,54,55,56,57,58,59,62,63,64)/t32-,37-,38-,42-/m1/s1. The van der Waals surface area contributed by atoms with E-state index in [9.17, 15) is 59.9 Å². The highest BCUT2D eigenvalue weighted by Crippen LogP contribution is 2.66. The van der Waals surface area contributed by atoms with Gasteiger partial charge in [0.1, 0.15) is 58.8 Å². The summed E-state index contributed by atoms with van der Waals surface area (Å²) in [4.78, 5) is 54.2. The Morgan fingerprint density at radius 1 is 0.878 bits per heavy atom. The van der Waals surface area contributed by atoms with Crippen LogP contribution in [0.5, 0.6) is 11.5 Å². The molecule has 10 rings (SSSR count). The van der Waals surface area contributed by atoms with E-state index in [1.165, 1.54) is 12.1 Å². The number of phosphoric ester groups is 1. The van der Waals surface area contributed by atoms with Crippen molar-refractivity contribution in [3.8, 4) is 23.3 Å². The molecule has 6 atom stereocenters. The van der Waals surface area contributed by atoms with Crippen molar-refractivity contribution in [3.05, 3.63) is 96.5 Å². The van der Waals surface area contributed by atoms with E-state index >= 15 is 0 Å². The quantitative estimate of drug-likeness (QED) is 0.0317. The van der Waals surface area contributed by atoms with Crippen molar-refractivity contribution in [1.82, 2.24) is 18.8 Å². The first-order valence-electron chi connectivity index (χ1n) is 23.0. The van der Waals surface area contributed by atoms with E-state index in [1.807, 2.05) is 12.1 Å². The van der Waals surface area contributed by atoms with Crippen molar-refractivity contribution in [3.63, 3.8) is 0 Å². The number of aromatic nitrogens is 2. The number of hydrogen-bond acceptors (Lipinski definition) is 19. The Morgan fingerprint density at radius 2 is 1.58 bits per heavy atom. The lowest BCUT2D eigenvalue weighted by molar-refractivity contribution is -0.0541. The number of nitrogens with zero attached hydrogens (tertiary/aromatic N) is 4. The molecule has 3 aromatic carbocycles. The molecule has 0 saturated carbocycles. The summed E-state index contributed by atoms with van der Waals surface area (Å²) >= 11 is 0. The average Bonchev–Trinajstić information content (AvgIpc) is 3.60. The molecule has 0 aliphatic carbocycles. The highest BCUT2D eigenvalue weighted by Gasteiger charge is 2.47. The number of phosphoric acid groups is 3. The Labute approximate surface area is 420 Å². The number of nitrogens with two attached hydrogens (primary N) is 1. The molecule has 74 heavy (non-hydrogen) atoms. The van der Waals surface area contributed by atoms with Crippen LogP contribution in [-0.2, 0) is 77.4 Å². The van der Waals surface area contributed by atoms with Crippen molar-refractivity contribution in [2.24, 2.45) is 0 Å². The van der Waals surface area contributed by atoms with Crippen LogP contribution in [0, 0.1) is 11.8 Å². The molecule has 7 heterocycles. The lowest BCUT2D eigenvalue weighted by atomic mass is 9.82. The SMILES string of the molecule is Nc1nc(=O)n([C@@H]2O[C@H](COP(=O)(O)OP(=O)(O)OP(=O)(O)O)[C@@H](O)[C@H]2O)cc1C#CCNS(=O)(=O)c1ccc(C2=c3cc4c5c(c3Oc3c2cc2c6c3CCCN6CCC2)CCC[N+]=5CCC4)c(S(=O)(=O)[O-])c1. The van der Waals surface area contributed by atoms with Gasteiger partial charge in [0.25, 0.3) is 0 Å². The first-order valence-corrected chi connectivity index (χ1v) is 30.4. The van der Waals surface area contributed by atoms with E-state index in [4.69, 9.17) is 25.0 Å². The molecule has 0 radical (unpaired) electrons. The molecule has 6 aliphatic rings. The molecule has 1 saturated heterocycles. The Balaban J connectivity index is 0.935. The Bertz CT molecular complexity index is 3700. The first kappa shape index (κ1) is 52.7. The summed E-state index contributed by atoms with van der Waals surface area (Å²) in [6.45, 7) is 1.74. The van der Waals surface area contributed by atoms with Gasteiger partial charge in [-0.05, 0) is 68.4 Å². The van der Waals surface area contributed by atoms with E-state index in [0.717, 1.165) is 123 Å². The van der Waals surface area contributed by atoms with E-state index in [-0.39, 0.29) is 11.1 Å². The van der Waals surface area contributed by atoms with Gasteiger partial charge >= 0.3 is 29.2 Å². The zero-order chi connectivity index (χ0) is 52.9. The zero-order valence-electron chi connectivity index (χ0n) is 38.6. The summed E-state index contributed by atoms with van der Waals surface area (Å²) < 4.78 is 132. The summed E-state index contributed by atoms with van der Waals surface area (Å²) in [5.41, 5.74) is 10.9. The van der Waals surface area contributed by atoms with Gasteiger partial charge in [0, 0.05) is 70.9 Å². The van der Waals surface area contributed by atoms with Gasteiger partial charge in [-0.2, -0.15) is 18.3 Å². The van der Waals surface area contributed by atoms with Crippen LogP contribution in [0.2, 0.25) is 0 Å². The normalized spacial score (nSPS) is 22.8. The van der Waals surface area contributed by atoms with Crippen molar-refractivity contribution in [1.29, 1.82) is 0 Å². The molecular weight excluding hydrogens is 1080 g/mol. The second kappa shape index (κ2) is 19.4. The molecule has 2 unspecified atom stereocenters. The molecule has 1 aromatic heterocycles. The maximum atomic E-state index is 13.9. The van der Waals surface area contributed by atoms with Gasteiger partial charge in [-0.25, -0.2) is 39.9 Å². The molecule has 31 heteroatoms. The lowest BCUT2D eigenvalue weighted by Gasteiger charge is -2.39. The molecule has 9 N–H and O–H groups in total. The van der Waals surface area contributed by atoms with Crippen molar-refractivity contribution >= 4 is 60.7 Å². The molecule has 4 aromatic rings. The number of aryl methyl sites for hydroxylation is 2. The number of hydrogen-bond donors (Lipinski definition) is 8. The number of nitrogens with one attached hydrogen (secondary N) is 1. The van der Waals surface area contributed by atoms with Crippen LogP contribution in [-0.4, -0.2) is 118 Å². The van der Waals surface area contributed by atoms with Crippen LogP contribution in [0.1, 0.15) is 70.9 Å². The number of aliphatic hydroxyl groups is 2. The summed E-state index contributed by atoms with van der Waals surface area (Å²) in [6.07, 6.45) is -0.0309. The topological polar surface area (TPSA) is 389 Å². The smallest absolute Gasteiger partial charge is 0.490 e. The fourth-order valence-corrected chi connectivity index (χ4v) is 15.3. The van der Waals surface area contributed by atoms with E-state index in [0.29, 0.717) is 32.4 Å². The van der Waals surface area contributed by atoms with Gasteiger partial charge in [0.15, 0.2) is 6.23 Å². The zero-order valence-corrected chi connectivity index (χ0v) is 42.9. The predicted molar refractivity (Wildman–Crippen MR) is 255 cm³/mol. The van der Waals surface area contributed by atoms with Gasteiger partial charge in [0.05, 0.1) is 34.1 Å². The number of benzene rings is 3. The highest BCUT2D eigenvalue weighted by atomic mass is 32.2. The Hall–Kier alpha value is -4.72. The summed E-state index contributed by atoms with van der Waals surface area (Å²) in [5, 5.41) is 23.1. The van der Waals surface area contributed by atoms with E-state index < -0.39 is 103 Å². The summed E-state index contributed by atoms with van der Waals surface area (Å²) in [5.74, 6) is 5.72. The molecule has 0 amide bonds. The third-order valence-electron chi connectivity index (χ3n) is 13.5. The minimum atomic E-state index is -5.89. The summed E-state index contributed by atoms with van der Waals surface area (Å²) in [6, 6.07) is 7.39. The molecule has 26 nitrogen and oxygen atoms in total. The van der Waals surface area contributed by atoms with Crippen molar-refractivity contribution in [2.75, 3.05) is 50.0 Å². The molecule has 0 spiro atoms. The predicted octanol–water partition coefficient (Wildman–Crippen LogP) is -0.543. The maximum Gasteiger partial charge on any atom is 0.490 e. The minimum Gasteiger partial charge on any atom is -0.744 e. The molecule has 396 valence electrons. The second-order valence-corrected chi connectivity index (χ2v) is 25.8. The minimum absolute atomic E-state index is 0.0170.